The summed E-state index contributed by atoms with van der Waals surface area (Å²) < 4.78 is 20.1. The molecule has 6 heteroatoms. The van der Waals surface area contributed by atoms with Crippen molar-refractivity contribution in [2.24, 2.45) is 5.92 Å². The Labute approximate surface area is 141 Å². The number of carbonyl (C=O) groups excluding carboxylic acids is 1. The first-order valence-electron chi connectivity index (χ1n) is 8.15. The average Bonchev–Trinajstić information content (AvgIpc) is 2.93. The van der Waals surface area contributed by atoms with Gasteiger partial charge in [-0.3, -0.25) is 4.79 Å². The summed E-state index contributed by atoms with van der Waals surface area (Å²) in [5.41, 5.74) is 1.95. The van der Waals surface area contributed by atoms with Crippen molar-refractivity contribution in [2.45, 2.75) is 27.2 Å². The van der Waals surface area contributed by atoms with Crippen LogP contribution in [0.2, 0.25) is 0 Å². The van der Waals surface area contributed by atoms with Gasteiger partial charge in [0, 0.05) is 19.8 Å². The van der Waals surface area contributed by atoms with E-state index in [2.05, 4.69) is 24.3 Å². The molecule has 0 fully saturated rings. The van der Waals surface area contributed by atoms with Gasteiger partial charge in [0.05, 0.1) is 23.1 Å². The summed E-state index contributed by atoms with van der Waals surface area (Å²) in [6.07, 6.45) is 2.30. The van der Waals surface area contributed by atoms with Gasteiger partial charge in [0.25, 0.3) is 5.91 Å². The highest BCUT2D eigenvalue weighted by atomic mass is 19.1. The van der Waals surface area contributed by atoms with Crippen molar-refractivity contribution in [1.29, 1.82) is 0 Å². The third-order valence-electron chi connectivity index (χ3n) is 3.53. The lowest BCUT2D eigenvalue weighted by Gasteiger charge is -2.08. The number of amides is 1. The van der Waals surface area contributed by atoms with Gasteiger partial charge < -0.3 is 10.1 Å². The van der Waals surface area contributed by atoms with Crippen molar-refractivity contribution < 1.29 is 13.9 Å². The number of rotatable bonds is 8. The Morgan fingerprint density at radius 2 is 2.04 bits per heavy atom. The predicted octanol–water partition coefficient (Wildman–Crippen LogP) is 3.11. The summed E-state index contributed by atoms with van der Waals surface area (Å²) in [4.78, 5) is 12.2. The van der Waals surface area contributed by atoms with Crippen LogP contribution in [0.4, 0.5) is 4.39 Å². The zero-order valence-corrected chi connectivity index (χ0v) is 14.4. The summed E-state index contributed by atoms with van der Waals surface area (Å²) in [7, 11) is 0. The first-order chi connectivity index (χ1) is 11.5. The van der Waals surface area contributed by atoms with Gasteiger partial charge in [-0.05, 0) is 43.5 Å². The molecule has 0 aliphatic rings. The molecule has 1 N–H and O–H groups in total. The quantitative estimate of drug-likeness (QED) is 0.755. The number of ether oxygens (including phenoxy) is 1. The molecular weight excluding hydrogens is 309 g/mol. The van der Waals surface area contributed by atoms with Gasteiger partial charge in [-0.15, -0.1) is 0 Å². The zero-order valence-electron chi connectivity index (χ0n) is 14.4. The lowest BCUT2D eigenvalue weighted by Crippen LogP contribution is -2.25. The third kappa shape index (κ3) is 4.89. The smallest absolute Gasteiger partial charge is 0.254 e. The number of carbonyl (C=O) groups is 1. The highest BCUT2D eigenvalue weighted by molar-refractivity contribution is 5.95. The van der Waals surface area contributed by atoms with E-state index in [-0.39, 0.29) is 11.7 Å². The van der Waals surface area contributed by atoms with Gasteiger partial charge in [0.1, 0.15) is 5.82 Å². The number of halogens is 1. The molecule has 0 saturated carbocycles. The summed E-state index contributed by atoms with van der Waals surface area (Å²) in [5, 5.41) is 7.09. The summed E-state index contributed by atoms with van der Waals surface area (Å²) >= 11 is 0. The van der Waals surface area contributed by atoms with Crippen LogP contribution < -0.4 is 5.32 Å². The average molecular weight is 333 g/mol. The molecule has 0 spiro atoms. The largest absolute Gasteiger partial charge is 0.381 e. The second kappa shape index (κ2) is 8.59. The first-order valence-corrected chi connectivity index (χ1v) is 8.15. The van der Waals surface area contributed by atoms with Gasteiger partial charge in [0.2, 0.25) is 0 Å². The van der Waals surface area contributed by atoms with E-state index in [1.54, 1.807) is 16.8 Å². The first kappa shape index (κ1) is 18.1. The van der Waals surface area contributed by atoms with Crippen molar-refractivity contribution in [3.05, 3.63) is 47.5 Å². The Morgan fingerprint density at radius 3 is 2.71 bits per heavy atom. The number of aromatic nitrogens is 2. The molecule has 5 nitrogen and oxygen atoms in total. The number of hydrogen-bond acceptors (Lipinski definition) is 3. The molecule has 24 heavy (non-hydrogen) atoms. The maximum atomic E-state index is 13.0. The van der Waals surface area contributed by atoms with Crippen molar-refractivity contribution in [3.63, 3.8) is 0 Å². The number of nitrogens with one attached hydrogen (secondary N) is 1. The predicted molar refractivity (Wildman–Crippen MR) is 90.9 cm³/mol. The standard InChI is InChI=1S/C18H24FN3O2/c1-13(2)12-24-10-4-9-20-18(23)17-11-21-22(14(17)3)16-7-5-15(19)6-8-16/h5-8,11,13H,4,9-10,12H2,1-3H3,(H,20,23). The van der Waals surface area contributed by atoms with Gasteiger partial charge in [-0.25, -0.2) is 9.07 Å². The molecule has 0 aliphatic carbocycles. The fourth-order valence-electron chi connectivity index (χ4n) is 2.27. The molecule has 1 heterocycles. The minimum Gasteiger partial charge on any atom is -0.381 e. The molecule has 0 unspecified atom stereocenters. The number of nitrogens with zero attached hydrogens (tertiary/aromatic N) is 2. The van der Waals surface area contributed by atoms with Crippen LogP contribution in [0.1, 0.15) is 36.3 Å². The van der Waals surface area contributed by atoms with E-state index in [4.69, 9.17) is 4.74 Å². The number of hydrogen-bond donors (Lipinski definition) is 1. The Bertz CT molecular complexity index is 665. The van der Waals surface area contributed by atoms with E-state index in [1.807, 2.05) is 6.92 Å². The van der Waals surface area contributed by atoms with E-state index in [9.17, 15) is 9.18 Å². The molecule has 2 aromatic rings. The Hall–Kier alpha value is -2.21. The molecule has 1 aromatic heterocycles. The van der Waals surface area contributed by atoms with Crippen LogP contribution in [0.3, 0.4) is 0 Å². The Kier molecular flexibility index (Phi) is 6.49. The second-order valence-corrected chi connectivity index (χ2v) is 6.11. The van der Waals surface area contributed by atoms with Crippen LogP contribution in [0.15, 0.2) is 30.5 Å². The van der Waals surface area contributed by atoms with Gasteiger partial charge in [-0.1, -0.05) is 13.8 Å². The highest BCUT2D eigenvalue weighted by Crippen LogP contribution is 2.14. The zero-order chi connectivity index (χ0) is 17.5. The van der Waals surface area contributed by atoms with E-state index in [0.717, 1.165) is 24.4 Å². The molecule has 0 atom stereocenters. The summed E-state index contributed by atoms with van der Waals surface area (Å²) in [6.45, 7) is 7.94. The van der Waals surface area contributed by atoms with Crippen LogP contribution in [-0.4, -0.2) is 35.4 Å². The molecular formula is C18H24FN3O2. The van der Waals surface area contributed by atoms with Gasteiger partial charge in [0.15, 0.2) is 0 Å². The normalized spacial score (nSPS) is 11.0. The van der Waals surface area contributed by atoms with E-state index >= 15 is 0 Å². The minimum atomic E-state index is -0.304. The van der Waals surface area contributed by atoms with E-state index in [1.165, 1.54) is 18.3 Å². The van der Waals surface area contributed by atoms with E-state index in [0.29, 0.717) is 24.6 Å². The molecule has 0 bridgehead atoms. The SMILES string of the molecule is Cc1c(C(=O)NCCCOCC(C)C)cnn1-c1ccc(F)cc1. The Morgan fingerprint density at radius 1 is 1.33 bits per heavy atom. The molecule has 1 aromatic carbocycles. The van der Waals surface area contributed by atoms with Crippen LogP contribution in [0.5, 0.6) is 0 Å². The van der Waals surface area contributed by atoms with Gasteiger partial charge in [-0.2, -0.15) is 5.10 Å². The van der Waals surface area contributed by atoms with Crippen molar-refractivity contribution >= 4 is 5.91 Å². The Balaban J connectivity index is 1.88. The summed E-state index contributed by atoms with van der Waals surface area (Å²) in [6, 6.07) is 5.99. The van der Waals surface area contributed by atoms with Gasteiger partial charge >= 0.3 is 0 Å². The van der Waals surface area contributed by atoms with Crippen molar-refractivity contribution in [3.8, 4) is 5.69 Å². The van der Waals surface area contributed by atoms with Crippen molar-refractivity contribution in [2.75, 3.05) is 19.8 Å². The van der Waals surface area contributed by atoms with Crippen LogP contribution in [-0.2, 0) is 4.74 Å². The van der Waals surface area contributed by atoms with Crippen LogP contribution in [0, 0.1) is 18.7 Å². The maximum absolute atomic E-state index is 13.0. The number of benzene rings is 1. The lowest BCUT2D eigenvalue weighted by molar-refractivity contribution is 0.0924. The lowest BCUT2D eigenvalue weighted by atomic mass is 10.2. The van der Waals surface area contributed by atoms with Crippen LogP contribution in [0.25, 0.3) is 5.69 Å². The van der Waals surface area contributed by atoms with Crippen molar-refractivity contribution in [1.82, 2.24) is 15.1 Å². The molecule has 2 rings (SSSR count). The summed E-state index contributed by atoms with van der Waals surface area (Å²) in [5.74, 6) is 0.0467. The highest BCUT2D eigenvalue weighted by Gasteiger charge is 2.14. The molecule has 0 aliphatic heterocycles. The van der Waals surface area contributed by atoms with E-state index < -0.39 is 0 Å². The topological polar surface area (TPSA) is 56.1 Å². The fourth-order valence-corrected chi connectivity index (χ4v) is 2.27. The molecule has 1 amide bonds. The molecule has 130 valence electrons. The maximum Gasteiger partial charge on any atom is 0.254 e. The fraction of sp³-hybridized carbons (Fsp3) is 0.444. The molecule has 0 radical (unpaired) electrons. The second-order valence-electron chi connectivity index (χ2n) is 6.11. The monoisotopic (exact) mass is 333 g/mol. The minimum absolute atomic E-state index is 0.162. The third-order valence-corrected chi connectivity index (χ3v) is 3.53. The molecule has 0 saturated heterocycles. The van der Waals surface area contributed by atoms with Crippen LogP contribution >= 0.6 is 0 Å².